The van der Waals surface area contributed by atoms with Crippen LogP contribution >= 0.6 is 0 Å². The van der Waals surface area contributed by atoms with Crippen molar-refractivity contribution in [3.05, 3.63) is 59.7 Å². The van der Waals surface area contributed by atoms with Crippen LogP contribution in [0, 0.1) is 0 Å². The summed E-state index contributed by atoms with van der Waals surface area (Å²) in [5.41, 5.74) is 1.78. The zero-order chi connectivity index (χ0) is 22.1. The maximum Gasteiger partial charge on any atom is 0.331 e. The molecule has 7 heteroatoms. The Kier molecular flexibility index (Phi) is 7.81. The fourth-order valence-electron chi connectivity index (χ4n) is 2.95. The number of amides is 1. The SMILES string of the molecule is CCCCCC(=O)Nc1ccc(C(=O)COC(=O)/C=C/c2ccc3c(c2)OCO3)cc1. The van der Waals surface area contributed by atoms with Gasteiger partial charge in [-0.05, 0) is 54.5 Å². The van der Waals surface area contributed by atoms with E-state index in [1.165, 1.54) is 6.08 Å². The molecule has 2 aromatic rings. The van der Waals surface area contributed by atoms with Gasteiger partial charge in [0.05, 0.1) is 0 Å². The lowest BCUT2D eigenvalue weighted by atomic mass is 10.1. The van der Waals surface area contributed by atoms with Gasteiger partial charge in [-0.25, -0.2) is 4.79 Å². The van der Waals surface area contributed by atoms with Gasteiger partial charge < -0.3 is 19.5 Å². The van der Waals surface area contributed by atoms with Crippen molar-refractivity contribution >= 4 is 29.4 Å². The minimum atomic E-state index is -0.623. The van der Waals surface area contributed by atoms with Gasteiger partial charge in [-0.15, -0.1) is 0 Å². The number of rotatable bonds is 10. The zero-order valence-corrected chi connectivity index (χ0v) is 17.4. The summed E-state index contributed by atoms with van der Waals surface area (Å²) in [5.74, 6) is 0.280. The summed E-state index contributed by atoms with van der Waals surface area (Å²) in [5, 5.41) is 2.80. The number of Topliss-reactive ketones (excluding diaryl/α,β-unsaturated/α-hetero) is 1. The molecule has 31 heavy (non-hydrogen) atoms. The molecule has 0 saturated heterocycles. The van der Waals surface area contributed by atoms with E-state index in [1.807, 2.05) is 0 Å². The molecule has 0 saturated carbocycles. The van der Waals surface area contributed by atoms with E-state index in [2.05, 4.69) is 12.2 Å². The molecule has 2 aromatic carbocycles. The third kappa shape index (κ3) is 6.70. The van der Waals surface area contributed by atoms with E-state index in [0.717, 1.165) is 24.8 Å². The van der Waals surface area contributed by atoms with Crippen molar-refractivity contribution in [1.82, 2.24) is 0 Å². The van der Waals surface area contributed by atoms with E-state index in [-0.39, 0.29) is 25.1 Å². The van der Waals surface area contributed by atoms with E-state index in [9.17, 15) is 14.4 Å². The molecule has 1 aliphatic rings. The molecule has 0 atom stereocenters. The largest absolute Gasteiger partial charge is 0.454 e. The number of anilines is 1. The van der Waals surface area contributed by atoms with Gasteiger partial charge in [0, 0.05) is 23.7 Å². The number of unbranched alkanes of at least 4 members (excludes halogenated alkanes) is 2. The maximum absolute atomic E-state index is 12.2. The molecular weight excluding hydrogens is 398 g/mol. The highest BCUT2D eigenvalue weighted by Gasteiger charge is 2.13. The number of carbonyl (C=O) groups excluding carboxylic acids is 3. The minimum Gasteiger partial charge on any atom is -0.454 e. The maximum atomic E-state index is 12.2. The molecule has 1 heterocycles. The predicted octanol–water partition coefficient (Wildman–Crippen LogP) is 4.37. The summed E-state index contributed by atoms with van der Waals surface area (Å²) >= 11 is 0. The summed E-state index contributed by atoms with van der Waals surface area (Å²) in [6.45, 7) is 1.90. The second-order valence-corrected chi connectivity index (χ2v) is 7.06. The lowest BCUT2D eigenvalue weighted by Gasteiger charge is -2.06. The molecule has 0 radical (unpaired) electrons. The summed E-state index contributed by atoms with van der Waals surface area (Å²) in [6, 6.07) is 11.8. The van der Waals surface area contributed by atoms with Gasteiger partial charge in [-0.2, -0.15) is 0 Å². The number of carbonyl (C=O) groups is 3. The standard InChI is InChI=1S/C24H25NO6/c1-2-3-4-5-23(27)25-19-10-8-18(9-11-19)20(26)15-29-24(28)13-7-17-6-12-21-22(14-17)31-16-30-21/h6-14H,2-5,15-16H2,1H3,(H,25,27)/b13-7+. The fourth-order valence-corrected chi connectivity index (χ4v) is 2.95. The Bertz CT molecular complexity index is 965. The van der Waals surface area contributed by atoms with Crippen LogP contribution in [0.5, 0.6) is 11.5 Å². The molecule has 0 bridgehead atoms. The first kappa shape index (κ1) is 22.1. The second kappa shape index (κ2) is 11.0. The van der Waals surface area contributed by atoms with Crippen LogP contribution in [0.2, 0.25) is 0 Å². The first-order chi connectivity index (χ1) is 15.0. The number of ketones is 1. The number of nitrogens with one attached hydrogen (secondary N) is 1. The van der Waals surface area contributed by atoms with Crippen LogP contribution in [-0.4, -0.2) is 31.1 Å². The Hall–Kier alpha value is -3.61. The highest BCUT2D eigenvalue weighted by atomic mass is 16.7. The first-order valence-electron chi connectivity index (χ1n) is 10.2. The van der Waals surface area contributed by atoms with Crippen molar-refractivity contribution in [2.75, 3.05) is 18.7 Å². The van der Waals surface area contributed by atoms with Crippen LogP contribution in [0.25, 0.3) is 6.08 Å². The normalized spacial score (nSPS) is 12.0. The van der Waals surface area contributed by atoms with Gasteiger partial charge >= 0.3 is 5.97 Å². The van der Waals surface area contributed by atoms with Gasteiger partial charge in [0.15, 0.2) is 23.9 Å². The monoisotopic (exact) mass is 423 g/mol. The molecule has 0 aromatic heterocycles. The van der Waals surface area contributed by atoms with Gasteiger partial charge in [0.1, 0.15) is 0 Å². The zero-order valence-electron chi connectivity index (χ0n) is 17.4. The van der Waals surface area contributed by atoms with E-state index < -0.39 is 5.97 Å². The van der Waals surface area contributed by atoms with Crippen LogP contribution in [0.4, 0.5) is 5.69 Å². The van der Waals surface area contributed by atoms with E-state index in [1.54, 1.807) is 48.5 Å². The van der Waals surface area contributed by atoms with Crippen LogP contribution in [0.15, 0.2) is 48.5 Å². The van der Waals surface area contributed by atoms with E-state index in [4.69, 9.17) is 14.2 Å². The molecule has 3 rings (SSSR count). The van der Waals surface area contributed by atoms with E-state index in [0.29, 0.717) is 29.2 Å². The molecule has 0 unspecified atom stereocenters. The quantitative estimate of drug-likeness (QED) is 0.264. The average Bonchev–Trinajstić information content (AvgIpc) is 3.24. The van der Waals surface area contributed by atoms with Gasteiger partial charge in [0.2, 0.25) is 12.7 Å². The minimum absolute atomic E-state index is 0.0456. The molecule has 0 spiro atoms. The highest BCUT2D eigenvalue weighted by Crippen LogP contribution is 2.32. The van der Waals surface area contributed by atoms with Crippen LogP contribution < -0.4 is 14.8 Å². The van der Waals surface area contributed by atoms with Gasteiger partial charge in [-0.3, -0.25) is 9.59 Å². The molecule has 1 N–H and O–H groups in total. The Balaban J connectivity index is 1.44. The van der Waals surface area contributed by atoms with Crippen LogP contribution in [-0.2, 0) is 14.3 Å². The topological polar surface area (TPSA) is 90.9 Å². The van der Waals surface area contributed by atoms with Crippen LogP contribution in [0.1, 0.15) is 48.5 Å². The number of hydrogen-bond donors (Lipinski definition) is 1. The number of fused-ring (bicyclic) bond motifs is 1. The van der Waals surface area contributed by atoms with Crippen molar-refractivity contribution in [1.29, 1.82) is 0 Å². The lowest BCUT2D eigenvalue weighted by Crippen LogP contribution is -2.13. The van der Waals surface area contributed by atoms with Gasteiger partial charge in [0.25, 0.3) is 0 Å². The Morgan fingerprint density at radius 2 is 1.81 bits per heavy atom. The Morgan fingerprint density at radius 3 is 2.58 bits per heavy atom. The van der Waals surface area contributed by atoms with Crippen LogP contribution in [0.3, 0.4) is 0 Å². The van der Waals surface area contributed by atoms with Crippen molar-refractivity contribution in [2.24, 2.45) is 0 Å². The molecule has 0 fully saturated rings. The second-order valence-electron chi connectivity index (χ2n) is 7.06. The van der Waals surface area contributed by atoms with E-state index >= 15 is 0 Å². The van der Waals surface area contributed by atoms with Crippen molar-refractivity contribution in [3.63, 3.8) is 0 Å². The molecule has 0 aliphatic carbocycles. The van der Waals surface area contributed by atoms with Gasteiger partial charge in [-0.1, -0.05) is 25.8 Å². The van der Waals surface area contributed by atoms with Crippen molar-refractivity contribution in [3.8, 4) is 11.5 Å². The number of benzene rings is 2. The molecule has 1 amide bonds. The highest BCUT2D eigenvalue weighted by molar-refractivity contribution is 5.99. The predicted molar refractivity (Wildman–Crippen MR) is 116 cm³/mol. The third-order valence-corrected chi connectivity index (χ3v) is 4.65. The molecule has 7 nitrogen and oxygen atoms in total. The van der Waals surface area contributed by atoms with Crippen molar-refractivity contribution in [2.45, 2.75) is 32.6 Å². The third-order valence-electron chi connectivity index (χ3n) is 4.65. The number of hydrogen-bond acceptors (Lipinski definition) is 6. The summed E-state index contributed by atoms with van der Waals surface area (Å²) < 4.78 is 15.5. The number of esters is 1. The first-order valence-corrected chi connectivity index (χ1v) is 10.2. The Morgan fingerprint density at radius 1 is 1.03 bits per heavy atom. The molecule has 1 aliphatic heterocycles. The summed E-state index contributed by atoms with van der Waals surface area (Å²) in [6.07, 6.45) is 6.24. The van der Waals surface area contributed by atoms with Crippen molar-refractivity contribution < 1.29 is 28.6 Å². The fraction of sp³-hybridized carbons (Fsp3) is 0.292. The summed E-state index contributed by atoms with van der Waals surface area (Å²) in [4.78, 5) is 36.0. The summed E-state index contributed by atoms with van der Waals surface area (Å²) in [7, 11) is 0. The number of ether oxygens (including phenoxy) is 3. The molecular formula is C24H25NO6. The Labute approximate surface area is 181 Å². The molecule has 162 valence electrons. The lowest BCUT2D eigenvalue weighted by molar-refractivity contribution is -0.136. The average molecular weight is 423 g/mol. The smallest absolute Gasteiger partial charge is 0.331 e.